The van der Waals surface area contributed by atoms with Gasteiger partial charge in [0.15, 0.2) is 5.03 Å². The second-order valence-corrected chi connectivity index (χ2v) is 0.417. The Kier molecular flexibility index (Phi) is 1.55. The van der Waals surface area contributed by atoms with Gasteiger partial charge in [-0.2, -0.15) is 0 Å². The molecule has 0 aliphatic rings. The van der Waals surface area contributed by atoms with Crippen LogP contribution in [0.2, 0.25) is 0 Å². The lowest BCUT2D eigenvalue weighted by atomic mass is 12.6. The summed E-state index contributed by atoms with van der Waals surface area (Å²) >= 11 is 0. The van der Waals surface area contributed by atoms with Crippen molar-refractivity contribution >= 4 is 0 Å². The van der Waals surface area contributed by atoms with Crippen molar-refractivity contribution in [1.29, 1.82) is 0 Å². The van der Waals surface area contributed by atoms with Crippen molar-refractivity contribution in [2.45, 2.75) is 0 Å². The quantitative estimate of drug-likeness (QED) is 0.153. The van der Waals surface area contributed by atoms with E-state index in [0.29, 0.717) is 0 Å². The molecule has 32 valence electrons. The van der Waals surface area contributed by atoms with E-state index in [1.54, 1.807) is 0 Å². The van der Waals surface area contributed by atoms with Gasteiger partial charge in [0.25, 0.3) is 5.22 Å². The zero-order valence-electron chi connectivity index (χ0n) is 2.61. The van der Waals surface area contributed by atoms with Gasteiger partial charge in [0.05, 0.1) is 4.91 Å². The molecule has 0 aromatic heterocycles. The van der Waals surface area contributed by atoms with E-state index < -0.39 is 5.03 Å². The third kappa shape index (κ3) is 2.71. The van der Waals surface area contributed by atoms with Gasteiger partial charge in [-0.25, -0.2) is 10.1 Å². The van der Waals surface area contributed by atoms with Crippen LogP contribution < -0.4 is 0 Å². The first-order chi connectivity index (χ1) is 2.77. The lowest BCUT2D eigenvalue weighted by Gasteiger charge is -1.61. The maximum absolute atomic E-state index is 8.98. The van der Waals surface area contributed by atoms with Gasteiger partial charge in [-0.05, 0) is 0 Å². The Morgan fingerprint density at radius 1 is 2.00 bits per heavy atom. The Hall–Kier alpha value is -1.29. The smallest absolute Gasteiger partial charge is 0.246 e. The second-order valence-electron chi connectivity index (χ2n) is 0.417. The van der Waals surface area contributed by atoms with Crippen LogP contribution in [0, 0.1) is 10.1 Å². The van der Waals surface area contributed by atoms with Crippen LogP contribution in [0.5, 0.6) is 0 Å². The topological polar surface area (TPSA) is 91.9 Å². The van der Waals surface area contributed by atoms with Gasteiger partial charge in [-0.15, -0.1) is 0 Å². The van der Waals surface area contributed by atoms with Crippen molar-refractivity contribution in [3.05, 3.63) is 20.6 Å². The van der Waals surface area contributed by atoms with Crippen LogP contribution >= 0.6 is 0 Å². The van der Waals surface area contributed by atoms with E-state index in [1.165, 1.54) is 0 Å². The zero-order valence-corrected chi connectivity index (χ0v) is 2.61. The summed E-state index contributed by atoms with van der Waals surface area (Å²) in [5.74, 6) is 0. The van der Waals surface area contributed by atoms with E-state index in [-0.39, 0.29) is 0 Å². The van der Waals surface area contributed by atoms with Crippen molar-refractivity contribution in [2.24, 2.45) is 5.22 Å². The standard InChI is InChI=1S/N4O2/c1-2-3-4(5)6. The average molecular weight is 88.0 g/mol. The van der Waals surface area contributed by atoms with Gasteiger partial charge in [-0.3, -0.25) is 0 Å². The molecule has 0 unspecified atom stereocenters. The van der Waals surface area contributed by atoms with Crippen LogP contribution in [0.1, 0.15) is 0 Å². The SMILES string of the molecule is [N-]=[N+]=N[N+](=O)[O-]. The van der Waals surface area contributed by atoms with Gasteiger partial charge in [0, 0.05) is 5.53 Å². The third-order valence-corrected chi connectivity index (χ3v) is 0.113. The van der Waals surface area contributed by atoms with Crippen molar-refractivity contribution in [1.82, 2.24) is 0 Å². The summed E-state index contributed by atoms with van der Waals surface area (Å²) in [6.45, 7) is 0. The van der Waals surface area contributed by atoms with Gasteiger partial charge in [0.2, 0.25) is 0 Å². The number of azide groups is 1. The summed E-state index contributed by atoms with van der Waals surface area (Å²) < 4.78 is 0. The number of nitrogens with zero attached hydrogens (tertiary/aromatic N) is 4. The Labute approximate surface area is 32.1 Å². The predicted octanol–water partition coefficient (Wildman–Crippen LogP) is 0.488. The normalized spacial score (nSPS) is 6.00. The Balaban J connectivity index is 3.60. The van der Waals surface area contributed by atoms with Crippen LogP contribution in [-0.4, -0.2) is 5.03 Å². The first-order valence-electron chi connectivity index (χ1n) is 0.965. The minimum absolute atomic E-state index is 1.11. The molecule has 0 aliphatic heterocycles. The molecular weight excluding hydrogens is 88.0 g/mol. The summed E-state index contributed by atoms with van der Waals surface area (Å²) in [5, 5.41) is 9.90. The van der Waals surface area contributed by atoms with E-state index in [9.17, 15) is 0 Å². The van der Waals surface area contributed by atoms with E-state index in [4.69, 9.17) is 15.6 Å². The van der Waals surface area contributed by atoms with Crippen molar-refractivity contribution in [2.75, 3.05) is 0 Å². The lowest BCUT2D eigenvalue weighted by molar-refractivity contribution is -0.488. The van der Waals surface area contributed by atoms with Crippen molar-refractivity contribution < 1.29 is 5.03 Å². The highest BCUT2D eigenvalue weighted by Crippen LogP contribution is 1.65. The fourth-order valence-corrected chi connectivity index (χ4v) is 0.0327. The molecule has 0 radical (unpaired) electrons. The summed E-state index contributed by atoms with van der Waals surface area (Å²) in [6, 6.07) is 0. The molecule has 0 aromatic rings. The van der Waals surface area contributed by atoms with Crippen LogP contribution in [0.25, 0.3) is 10.4 Å². The van der Waals surface area contributed by atoms with E-state index in [0.717, 1.165) is 0 Å². The molecule has 0 aliphatic carbocycles. The first-order valence-corrected chi connectivity index (χ1v) is 0.965. The van der Waals surface area contributed by atoms with Gasteiger partial charge < -0.3 is 0 Å². The molecule has 0 bridgehead atoms. The van der Waals surface area contributed by atoms with Crippen LogP contribution in [0.3, 0.4) is 0 Å². The fourth-order valence-electron chi connectivity index (χ4n) is 0.0327. The summed E-state index contributed by atoms with van der Waals surface area (Å²) in [5.41, 5.74) is 7.25. The van der Waals surface area contributed by atoms with Gasteiger partial charge >= 0.3 is 0 Å². The molecule has 6 nitrogen and oxygen atoms in total. The van der Waals surface area contributed by atoms with Gasteiger partial charge in [0.1, 0.15) is 0 Å². The molecule has 0 rings (SSSR count). The summed E-state index contributed by atoms with van der Waals surface area (Å²) in [4.78, 5) is 10.8. The molecule has 0 spiro atoms. The van der Waals surface area contributed by atoms with Crippen molar-refractivity contribution in [3.63, 3.8) is 0 Å². The lowest BCUT2D eigenvalue weighted by Crippen LogP contribution is -1.77. The number of hydrogen-bond donors (Lipinski definition) is 0. The van der Waals surface area contributed by atoms with Crippen molar-refractivity contribution in [3.8, 4) is 0 Å². The van der Waals surface area contributed by atoms with Crippen LogP contribution in [-0.2, 0) is 0 Å². The molecule has 0 fully saturated rings. The highest BCUT2D eigenvalue weighted by Gasteiger charge is 1.77. The number of nitro groups is 1. The zero-order chi connectivity index (χ0) is 4.99. The molecular formula is N4O2. The molecule has 0 N–H and O–H groups in total. The highest BCUT2D eigenvalue weighted by molar-refractivity contribution is 4.27. The molecule has 0 heterocycles. The largest absolute Gasteiger partial charge is 0.261 e. The van der Waals surface area contributed by atoms with E-state index >= 15 is 0 Å². The summed E-state index contributed by atoms with van der Waals surface area (Å²) in [7, 11) is 0. The molecule has 6 heavy (non-hydrogen) atoms. The second kappa shape index (κ2) is 1.98. The Morgan fingerprint density at radius 2 is 2.50 bits per heavy atom. The Bertz CT molecular complexity index is 98.1. The fraction of sp³-hybridized carbons (Fsp3) is 0. The Morgan fingerprint density at radius 3 is 2.50 bits per heavy atom. The monoisotopic (exact) mass is 88.0 g/mol. The molecule has 6 heteroatoms. The maximum atomic E-state index is 8.98. The van der Waals surface area contributed by atoms with Crippen LogP contribution in [0.4, 0.5) is 0 Å². The van der Waals surface area contributed by atoms with E-state index in [2.05, 4.69) is 0 Å². The number of rotatable bonds is 1. The van der Waals surface area contributed by atoms with Gasteiger partial charge in [-0.1, -0.05) is 0 Å². The maximum Gasteiger partial charge on any atom is 0.261 e. The molecule has 0 saturated carbocycles. The molecule has 0 saturated heterocycles. The summed E-state index contributed by atoms with van der Waals surface area (Å²) in [6.07, 6.45) is 0. The molecule has 0 atom stereocenters. The van der Waals surface area contributed by atoms with Crippen LogP contribution in [0.15, 0.2) is 5.22 Å². The van der Waals surface area contributed by atoms with E-state index in [1.807, 2.05) is 10.1 Å². The third-order valence-electron chi connectivity index (χ3n) is 0.113. The minimum atomic E-state index is -1.11. The predicted molar refractivity (Wildman–Crippen MR) is 16.1 cm³/mol. The molecule has 0 aromatic carbocycles. The number of hydrogen-bond acceptors (Lipinski definition) is 2. The highest BCUT2D eigenvalue weighted by atomic mass is 16.7. The average Bonchev–Trinajstić information content (AvgIpc) is 1.35. The molecule has 0 amide bonds. The minimum Gasteiger partial charge on any atom is -0.246 e. The first kappa shape index (κ1) is 4.71.